The summed E-state index contributed by atoms with van der Waals surface area (Å²) in [5.74, 6) is 0. The molecule has 5 heteroatoms. The monoisotopic (exact) mass is 310 g/mol. The Kier molecular flexibility index (Phi) is 5.63. The van der Waals surface area contributed by atoms with Crippen LogP contribution in [0.5, 0.6) is 0 Å². The maximum atomic E-state index is 4.35. The summed E-state index contributed by atoms with van der Waals surface area (Å²) in [5.41, 5.74) is 2.12. The molecule has 0 saturated heterocycles. The van der Waals surface area contributed by atoms with Crippen LogP contribution in [0.3, 0.4) is 0 Å². The van der Waals surface area contributed by atoms with Crippen LogP contribution in [-0.2, 0) is 0 Å². The van der Waals surface area contributed by atoms with Crippen LogP contribution in [0.4, 0.5) is 0 Å². The fraction of sp³-hybridized carbons (Fsp3) is 0. The van der Waals surface area contributed by atoms with E-state index in [-0.39, 0.29) is 12.4 Å². The second-order valence-corrected chi connectivity index (χ2v) is 4.48. The van der Waals surface area contributed by atoms with Crippen LogP contribution in [0.2, 0.25) is 0 Å². The van der Waals surface area contributed by atoms with Crippen molar-refractivity contribution in [2.75, 3.05) is 0 Å². The van der Waals surface area contributed by atoms with Crippen LogP contribution in [0, 0.1) is 0 Å². The quantitative estimate of drug-likeness (QED) is 0.462. The Hall–Kier alpha value is -2.72. The number of hydrogen-bond donors (Lipinski definition) is 0. The zero-order valence-corrected chi connectivity index (χ0v) is 12.6. The van der Waals surface area contributed by atoms with E-state index in [1.807, 2.05) is 85.5 Å². The van der Waals surface area contributed by atoms with Crippen molar-refractivity contribution in [1.82, 2.24) is 4.68 Å². The van der Waals surface area contributed by atoms with Gasteiger partial charge in [0.05, 0.1) is 12.4 Å². The lowest BCUT2D eigenvalue weighted by Gasteiger charge is -1.88. The van der Waals surface area contributed by atoms with Crippen molar-refractivity contribution in [3.63, 3.8) is 0 Å². The maximum absolute atomic E-state index is 4.35. The predicted molar refractivity (Wildman–Crippen MR) is 83.5 cm³/mol. The third-order valence-corrected chi connectivity index (χ3v) is 2.89. The van der Waals surface area contributed by atoms with Gasteiger partial charge in [-0.05, 0) is 11.1 Å². The molecule has 0 aliphatic heterocycles. The SMILES string of the molecule is C(=N\n1cc[n+](/N=C/c2ccccc2)c1)/c1ccccc1.[Cl-]. The Morgan fingerprint density at radius 3 is 2.05 bits per heavy atom. The van der Waals surface area contributed by atoms with Gasteiger partial charge in [0.1, 0.15) is 0 Å². The van der Waals surface area contributed by atoms with Crippen LogP contribution >= 0.6 is 0 Å². The third kappa shape index (κ3) is 4.40. The lowest BCUT2D eigenvalue weighted by molar-refractivity contribution is -0.677. The Balaban J connectivity index is 0.00000176. The minimum atomic E-state index is 0. The van der Waals surface area contributed by atoms with E-state index in [9.17, 15) is 0 Å². The largest absolute Gasteiger partial charge is 1.00 e. The highest BCUT2D eigenvalue weighted by Gasteiger charge is 1.99. The van der Waals surface area contributed by atoms with Crippen molar-refractivity contribution in [3.05, 3.63) is 90.5 Å². The second-order valence-electron chi connectivity index (χ2n) is 4.48. The molecule has 0 saturated carbocycles. The minimum absolute atomic E-state index is 0. The highest BCUT2D eigenvalue weighted by molar-refractivity contribution is 5.79. The summed E-state index contributed by atoms with van der Waals surface area (Å²) in [4.78, 5) is 0. The van der Waals surface area contributed by atoms with E-state index in [1.165, 1.54) is 0 Å². The van der Waals surface area contributed by atoms with Gasteiger partial charge >= 0.3 is 0 Å². The standard InChI is InChI=1S/C17H15N4.ClH/c1-3-7-16(8-4-1)13-18-20-11-12-21(15-20)19-14-17-9-5-2-6-10-17;/h1-15H;1H/q+1;/p-1/b18-13+,19-14+;. The van der Waals surface area contributed by atoms with Gasteiger partial charge in [-0.15, -0.1) is 9.35 Å². The second kappa shape index (κ2) is 7.90. The molecule has 0 fully saturated rings. The van der Waals surface area contributed by atoms with Gasteiger partial charge in [-0.25, -0.2) is 0 Å². The number of hydrogen-bond acceptors (Lipinski definition) is 2. The van der Waals surface area contributed by atoms with Gasteiger partial charge in [-0.1, -0.05) is 70.9 Å². The van der Waals surface area contributed by atoms with E-state index in [4.69, 9.17) is 0 Å². The van der Waals surface area contributed by atoms with E-state index >= 15 is 0 Å². The minimum Gasteiger partial charge on any atom is -1.00 e. The average Bonchev–Trinajstić information content (AvgIpc) is 3.01. The summed E-state index contributed by atoms with van der Waals surface area (Å²) in [6.45, 7) is 0. The number of imidazole rings is 1. The van der Waals surface area contributed by atoms with Crippen LogP contribution in [0.25, 0.3) is 0 Å². The number of rotatable bonds is 4. The highest BCUT2D eigenvalue weighted by atomic mass is 35.5. The van der Waals surface area contributed by atoms with Crippen molar-refractivity contribution in [2.24, 2.45) is 10.2 Å². The van der Waals surface area contributed by atoms with Crippen LogP contribution < -0.4 is 17.1 Å². The summed E-state index contributed by atoms with van der Waals surface area (Å²) in [6, 6.07) is 20.0. The van der Waals surface area contributed by atoms with E-state index in [1.54, 1.807) is 15.7 Å². The zero-order valence-electron chi connectivity index (χ0n) is 11.8. The van der Waals surface area contributed by atoms with Crippen LogP contribution in [0.15, 0.2) is 89.6 Å². The first kappa shape index (κ1) is 15.7. The number of nitrogens with zero attached hydrogens (tertiary/aromatic N) is 4. The Morgan fingerprint density at radius 2 is 1.41 bits per heavy atom. The molecule has 22 heavy (non-hydrogen) atoms. The molecule has 0 aliphatic carbocycles. The fourth-order valence-electron chi connectivity index (χ4n) is 1.82. The molecule has 1 heterocycles. The van der Waals surface area contributed by atoms with Crippen LogP contribution in [0.1, 0.15) is 11.1 Å². The molecule has 0 amide bonds. The molecule has 4 nitrogen and oxygen atoms in total. The molecule has 1 aromatic heterocycles. The molecule has 0 spiro atoms. The zero-order chi connectivity index (χ0) is 14.3. The summed E-state index contributed by atoms with van der Waals surface area (Å²) in [5, 5.41) is 8.70. The topological polar surface area (TPSA) is 33.5 Å². The molecule has 3 aromatic rings. The number of aromatic nitrogens is 2. The molecule has 0 N–H and O–H groups in total. The molecule has 3 rings (SSSR count). The summed E-state index contributed by atoms with van der Waals surface area (Å²) in [7, 11) is 0. The maximum Gasteiger partial charge on any atom is 0.295 e. The van der Waals surface area contributed by atoms with Crippen molar-refractivity contribution < 1.29 is 17.1 Å². The number of halogens is 1. The highest BCUT2D eigenvalue weighted by Crippen LogP contribution is 1.95. The van der Waals surface area contributed by atoms with Gasteiger partial charge in [-0.2, -0.15) is 0 Å². The van der Waals surface area contributed by atoms with Crippen molar-refractivity contribution in [3.8, 4) is 0 Å². The molecule has 2 aromatic carbocycles. The molecule has 0 bridgehead atoms. The lowest BCUT2D eigenvalue weighted by Crippen LogP contribution is -3.00. The molecular formula is C17H15ClN4. The van der Waals surface area contributed by atoms with Gasteiger partial charge in [0.2, 0.25) is 0 Å². The van der Waals surface area contributed by atoms with E-state index in [2.05, 4.69) is 10.2 Å². The van der Waals surface area contributed by atoms with Gasteiger partial charge in [0.25, 0.3) is 6.33 Å². The summed E-state index contributed by atoms with van der Waals surface area (Å²) >= 11 is 0. The Morgan fingerprint density at radius 1 is 0.818 bits per heavy atom. The van der Waals surface area contributed by atoms with Crippen molar-refractivity contribution in [1.29, 1.82) is 0 Å². The first-order valence-corrected chi connectivity index (χ1v) is 6.68. The first-order valence-electron chi connectivity index (χ1n) is 6.68. The van der Waals surface area contributed by atoms with Gasteiger partial charge in [-0.3, -0.25) is 0 Å². The van der Waals surface area contributed by atoms with E-state index in [0.717, 1.165) is 11.1 Å². The molecule has 0 aliphatic rings. The summed E-state index contributed by atoms with van der Waals surface area (Å²) < 4.78 is 3.44. The molecule has 0 unspecified atom stereocenters. The molecule has 0 atom stereocenters. The van der Waals surface area contributed by atoms with Crippen molar-refractivity contribution >= 4 is 12.4 Å². The Bertz CT molecular complexity index is 685. The molecular weight excluding hydrogens is 296 g/mol. The smallest absolute Gasteiger partial charge is 0.295 e. The Labute approximate surface area is 135 Å². The molecule has 110 valence electrons. The van der Waals surface area contributed by atoms with Gasteiger partial charge in [0, 0.05) is 0 Å². The van der Waals surface area contributed by atoms with Gasteiger partial charge in [0.15, 0.2) is 12.4 Å². The van der Waals surface area contributed by atoms with E-state index in [0.29, 0.717) is 0 Å². The summed E-state index contributed by atoms with van der Waals surface area (Å²) in [6.07, 6.45) is 9.12. The number of benzene rings is 2. The predicted octanol–water partition coefficient (Wildman–Crippen LogP) is -0.456. The van der Waals surface area contributed by atoms with Crippen molar-refractivity contribution in [2.45, 2.75) is 0 Å². The fourth-order valence-corrected chi connectivity index (χ4v) is 1.82. The average molecular weight is 311 g/mol. The van der Waals surface area contributed by atoms with Gasteiger partial charge < -0.3 is 12.4 Å². The molecule has 0 radical (unpaired) electrons. The first-order chi connectivity index (χ1) is 10.4. The lowest BCUT2D eigenvalue weighted by atomic mass is 10.2. The van der Waals surface area contributed by atoms with E-state index < -0.39 is 0 Å². The van der Waals surface area contributed by atoms with Crippen LogP contribution in [-0.4, -0.2) is 17.1 Å². The normalized spacial score (nSPS) is 10.9. The third-order valence-electron chi connectivity index (χ3n) is 2.89.